The molecule has 125 heavy (non-hydrogen) atoms. The maximum Gasteiger partial charge on any atom is 0.160 e. The van der Waals surface area contributed by atoms with Gasteiger partial charge in [0.15, 0.2) is 17.5 Å². The van der Waals surface area contributed by atoms with Crippen molar-refractivity contribution in [2.24, 2.45) is 0 Å². The molecule has 0 spiro atoms. The molecular weight excluding hydrogens is 1540 g/mol. The van der Waals surface area contributed by atoms with Gasteiger partial charge in [0.25, 0.3) is 0 Å². The third-order valence-corrected chi connectivity index (χ3v) is 25.5. The van der Waals surface area contributed by atoms with Crippen molar-refractivity contribution >= 4 is 162 Å². The van der Waals surface area contributed by atoms with Gasteiger partial charge in [-0.3, -0.25) is 0 Å². The van der Waals surface area contributed by atoms with Crippen molar-refractivity contribution in [1.82, 2.24) is 29.9 Å². The summed E-state index contributed by atoms with van der Waals surface area (Å²) in [6.07, 6.45) is 0. The molecule has 26 aromatic rings. The number of furan rings is 2. The largest absolute Gasteiger partial charge is 0.456 e. The highest BCUT2D eigenvalue weighted by Gasteiger charge is 2.21. The van der Waals surface area contributed by atoms with Gasteiger partial charge in [0.1, 0.15) is 22.3 Å². The molecule has 9 heteroatoms. The van der Waals surface area contributed by atoms with Crippen molar-refractivity contribution in [1.29, 1.82) is 0 Å². The van der Waals surface area contributed by atoms with E-state index in [1.807, 2.05) is 65.9 Å². The van der Waals surface area contributed by atoms with Crippen LogP contribution in [0.3, 0.4) is 0 Å². The quantitative estimate of drug-likeness (QED) is 0.132. The van der Waals surface area contributed by atoms with E-state index in [9.17, 15) is 0 Å². The zero-order valence-electron chi connectivity index (χ0n) is 67.3. The highest BCUT2D eigenvalue weighted by Crippen LogP contribution is 2.44. The van der Waals surface area contributed by atoms with Gasteiger partial charge in [0.05, 0.1) is 33.6 Å². The van der Waals surface area contributed by atoms with E-state index in [-0.39, 0.29) is 0 Å². The monoisotopic (exact) mass is 1610 g/mol. The lowest BCUT2D eigenvalue weighted by Crippen LogP contribution is -1.96. The van der Waals surface area contributed by atoms with Crippen LogP contribution < -0.4 is 0 Å². The fraction of sp³-hybridized carbons (Fsp3) is 0. The standard InChI is InChI=1S/2C40H24N2O.C36H22N2S/c1-2-13-31-25(9-1)10-8-16-33(31)39-34-15-3-5-17-36(34)41-40(42-39)29-12-7-11-26(21-29)27-19-20-28-23-35-32-14-4-6-18-37(32)43-38(35)24-30(28)22-27;1-2-10-26(11-3-1)39-38-32-14-5-4-9-25(32)19-20-35(38)41-40(42-39)30-13-8-12-27(21-30)28-17-18-29-23-34-33-15-6-7-16-36(33)43-37(34)24-31(29)22-28;1-2-8-25(9-3-1)35-28-10-4-6-12-31(28)37-36(38-35)26-17-14-23(15-18-26)27-19-16-24-20-21-33-34(30(24)22-27)29-11-5-7-13-32(29)39-33/h2*1-24H;1-22H. The van der Waals surface area contributed by atoms with Crippen LogP contribution in [0.5, 0.6) is 0 Å². The van der Waals surface area contributed by atoms with Crippen LogP contribution in [0.4, 0.5) is 0 Å². The van der Waals surface area contributed by atoms with Crippen LogP contribution in [-0.4, -0.2) is 29.9 Å². The molecule has 0 unspecified atom stereocenters. The van der Waals surface area contributed by atoms with Gasteiger partial charge in [-0.2, -0.15) is 0 Å². The summed E-state index contributed by atoms with van der Waals surface area (Å²) in [5.74, 6) is 2.17. The smallest absolute Gasteiger partial charge is 0.160 e. The molecule has 0 fully saturated rings. The number of thiophene rings is 1. The van der Waals surface area contributed by atoms with Crippen LogP contribution in [0.25, 0.3) is 252 Å². The van der Waals surface area contributed by atoms with Gasteiger partial charge in [-0.1, -0.05) is 328 Å². The molecule has 582 valence electrons. The van der Waals surface area contributed by atoms with Crippen molar-refractivity contribution in [2.75, 3.05) is 0 Å². The SMILES string of the molecule is c1cc(-c2ccc3cc4c(cc3c2)oc2ccccc24)cc(-c2nc(-c3cccc4ccccc34)c3ccccc3n2)c1.c1ccc(-c2nc(-c3ccc(-c4ccc5ccc6sc7ccccc7c6c5c4)cc3)nc3ccccc23)cc1.c1ccc(-c2nc(-c3cccc(-c4ccc5cc6c(cc5c4)oc4ccccc46)c3)nc3ccc4ccccc4c23)cc1. The van der Waals surface area contributed by atoms with Crippen molar-refractivity contribution in [3.05, 3.63) is 425 Å². The average molecular weight is 1610 g/mol. The van der Waals surface area contributed by atoms with Crippen molar-refractivity contribution in [2.45, 2.75) is 0 Å². The fourth-order valence-corrected chi connectivity index (χ4v) is 19.3. The molecule has 0 radical (unpaired) electrons. The number of para-hydroxylation sites is 4. The Hall–Kier alpha value is -16.5. The first-order valence-corrected chi connectivity index (χ1v) is 42.9. The lowest BCUT2D eigenvalue weighted by atomic mass is 9.97. The maximum absolute atomic E-state index is 6.18. The average Bonchev–Trinajstić information content (AvgIpc) is 1.68. The highest BCUT2D eigenvalue weighted by molar-refractivity contribution is 7.26. The Balaban J connectivity index is 0.000000105. The minimum Gasteiger partial charge on any atom is -0.456 e. The summed E-state index contributed by atoms with van der Waals surface area (Å²) >= 11 is 1.86. The van der Waals surface area contributed by atoms with E-state index in [2.05, 4.69) is 370 Å². The molecule has 8 nitrogen and oxygen atoms in total. The van der Waals surface area contributed by atoms with Gasteiger partial charge >= 0.3 is 0 Å². The summed E-state index contributed by atoms with van der Waals surface area (Å²) in [6.45, 7) is 0. The van der Waals surface area contributed by atoms with Gasteiger partial charge in [-0.05, 0) is 184 Å². The van der Waals surface area contributed by atoms with Crippen molar-refractivity contribution in [3.8, 4) is 101 Å². The topological polar surface area (TPSA) is 104 Å². The second-order valence-corrected chi connectivity index (χ2v) is 33.0. The van der Waals surface area contributed by atoms with Crippen LogP contribution in [-0.2, 0) is 0 Å². The zero-order valence-corrected chi connectivity index (χ0v) is 68.1. The number of nitrogens with zero attached hydrogens (tertiary/aromatic N) is 6. The van der Waals surface area contributed by atoms with Crippen LogP contribution in [0.2, 0.25) is 0 Å². The molecule has 0 saturated carbocycles. The molecule has 20 aromatic carbocycles. The third-order valence-electron chi connectivity index (χ3n) is 24.3. The summed E-state index contributed by atoms with van der Waals surface area (Å²) in [5, 5.41) is 22.4. The van der Waals surface area contributed by atoms with E-state index < -0.39 is 0 Å². The molecule has 0 aliphatic heterocycles. The molecule has 6 heterocycles. The van der Waals surface area contributed by atoms with E-state index in [0.717, 1.165) is 171 Å². The number of rotatable bonds is 9. The summed E-state index contributed by atoms with van der Waals surface area (Å²) in [5.41, 5.74) is 22.5. The summed E-state index contributed by atoms with van der Waals surface area (Å²) < 4.78 is 15.0. The predicted octanol–water partition coefficient (Wildman–Crippen LogP) is 31.8. The molecule has 0 atom stereocenters. The van der Waals surface area contributed by atoms with Crippen molar-refractivity contribution < 1.29 is 8.83 Å². The number of fused-ring (bicyclic) bond motifs is 19. The Morgan fingerprint density at radius 2 is 0.576 bits per heavy atom. The maximum atomic E-state index is 6.18. The number of hydrogen-bond donors (Lipinski definition) is 0. The van der Waals surface area contributed by atoms with Crippen LogP contribution in [0, 0.1) is 0 Å². The first kappa shape index (κ1) is 72.5. The minimum atomic E-state index is 0.716. The molecule has 0 aliphatic rings. The Bertz CT molecular complexity index is 8820. The molecule has 0 amide bonds. The Morgan fingerprint density at radius 1 is 0.168 bits per heavy atom. The van der Waals surface area contributed by atoms with E-state index in [4.69, 9.17) is 38.7 Å². The lowest BCUT2D eigenvalue weighted by Gasteiger charge is -2.12. The molecule has 0 N–H and O–H groups in total. The summed E-state index contributed by atoms with van der Waals surface area (Å²) in [7, 11) is 0. The van der Waals surface area contributed by atoms with Gasteiger partial charge in [-0.25, -0.2) is 29.9 Å². The number of aromatic nitrogens is 6. The normalized spacial score (nSPS) is 11.7. The van der Waals surface area contributed by atoms with Crippen molar-refractivity contribution in [3.63, 3.8) is 0 Å². The minimum absolute atomic E-state index is 0.716. The van der Waals surface area contributed by atoms with E-state index >= 15 is 0 Å². The van der Waals surface area contributed by atoms with Crippen LogP contribution in [0.15, 0.2) is 433 Å². The Morgan fingerprint density at radius 3 is 1.21 bits per heavy atom. The number of benzene rings is 20. The first-order chi connectivity index (χ1) is 61.9. The van der Waals surface area contributed by atoms with Gasteiger partial charge in [-0.15, -0.1) is 11.3 Å². The molecular formula is C116H70N6O2S. The second-order valence-electron chi connectivity index (χ2n) is 31.9. The van der Waals surface area contributed by atoms with Gasteiger partial charge in [0, 0.05) is 91.3 Å². The molecule has 0 saturated heterocycles. The van der Waals surface area contributed by atoms with Gasteiger partial charge in [0.2, 0.25) is 0 Å². The summed E-state index contributed by atoms with van der Waals surface area (Å²) in [6, 6.07) is 149. The first-order valence-electron chi connectivity index (χ1n) is 42.1. The molecule has 0 aliphatic carbocycles. The molecule has 0 bridgehead atoms. The van der Waals surface area contributed by atoms with E-state index in [1.165, 1.54) is 69.0 Å². The third kappa shape index (κ3) is 13.2. The summed E-state index contributed by atoms with van der Waals surface area (Å²) in [4.78, 5) is 30.5. The van der Waals surface area contributed by atoms with Gasteiger partial charge < -0.3 is 8.83 Å². The van der Waals surface area contributed by atoms with Crippen LogP contribution in [0.1, 0.15) is 0 Å². The fourth-order valence-electron chi connectivity index (χ4n) is 18.2. The molecule has 26 rings (SSSR count). The second kappa shape index (κ2) is 30.4. The molecule has 6 aromatic heterocycles. The Labute approximate surface area is 721 Å². The lowest BCUT2D eigenvalue weighted by molar-refractivity contribution is 0.669. The Kier molecular flexibility index (Phi) is 17.6. The number of hydrogen-bond acceptors (Lipinski definition) is 9. The van der Waals surface area contributed by atoms with E-state index in [0.29, 0.717) is 11.6 Å². The van der Waals surface area contributed by atoms with Crippen LogP contribution >= 0.6 is 11.3 Å². The zero-order chi connectivity index (χ0) is 82.4. The predicted molar refractivity (Wildman–Crippen MR) is 523 cm³/mol. The van der Waals surface area contributed by atoms with E-state index in [1.54, 1.807) is 0 Å². The highest BCUT2D eigenvalue weighted by atomic mass is 32.1.